The summed E-state index contributed by atoms with van der Waals surface area (Å²) in [6.45, 7) is 7.89. The molecule has 0 radical (unpaired) electrons. The van der Waals surface area contributed by atoms with Crippen molar-refractivity contribution >= 4 is 11.7 Å². The van der Waals surface area contributed by atoms with Crippen molar-refractivity contribution in [2.45, 2.75) is 52.5 Å². The van der Waals surface area contributed by atoms with E-state index < -0.39 is 0 Å². The number of nitrogens with zero attached hydrogens (tertiary/aromatic N) is 3. The fourth-order valence-corrected chi connectivity index (χ4v) is 2.87. The molecule has 0 aromatic carbocycles. The maximum absolute atomic E-state index is 12.7. The molecule has 0 atom stereocenters. The topological polar surface area (TPSA) is 58.1 Å². The fraction of sp³-hybridized carbons (Fsp3) is 0.688. The largest absolute Gasteiger partial charge is 0.369 e. The maximum Gasteiger partial charge on any atom is 0.274 e. The van der Waals surface area contributed by atoms with Gasteiger partial charge in [0.2, 0.25) is 0 Å². The number of hydrogen-bond donors (Lipinski definition) is 1. The lowest BCUT2D eigenvalue weighted by atomic mass is 10.1. The zero-order valence-corrected chi connectivity index (χ0v) is 13.3. The second-order valence-corrected chi connectivity index (χ2v) is 6.11. The first-order valence-electron chi connectivity index (χ1n) is 7.98. The summed E-state index contributed by atoms with van der Waals surface area (Å²) in [5.74, 6) is 1.19. The van der Waals surface area contributed by atoms with Crippen LogP contribution in [0.25, 0.3) is 0 Å². The molecule has 0 spiro atoms. The minimum atomic E-state index is 0.0196. The van der Waals surface area contributed by atoms with E-state index in [1.165, 1.54) is 12.8 Å². The molecule has 0 unspecified atom stereocenters. The van der Waals surface area contributed by atoms with E-state index >= 15 is 0 Å². The van der Waals surface area contributed by atoms with Gasteiger partial charge in [-0.05, 0) is 25.7 Å². The third kappa shape index (κ3) is 4.16. The van der Waals surface area contributed by atoms with Crippen LogP contribution in [0.1, 0.15) is 56.9 Å². The maximum atomic E-state index is 12.7. The molecular weight excluding hydrogens is 264 g/mol. The Morgan fingerprint density at radius 1 is 1.33 bits per heavy atom. The van der Waals surface area contributed by atoms with Crippen LogP contribution in [-0.4, -0.2) is 39.9 Å². The molecule has 5 heteroatoms. The van der Waals surface area contributed by atoms with Crippen LogP contribution in [0.2, 0.25) is 0 Å². The molecule has 5 nitrogen and oxygen atoms in total. The number of hydrogen-bond acceptors (Lipinski definition) is 4. The Morgan fingerprint density at radius 2 is 2.05 bits per heavy atom. The molecule has 0 bridgehead atoms. The van der Waals surface area contributed by atoms with Crippen LogP contribution in [-0.2, 0) is 0 Å². The zero-order valence-electron chi connectivity index (χ0n) is 13.3. The average molecular weight is 290 g/mol. The molecule has 0 aliphatic heterocycles. The summed E-state index contributed by atoms with van der Waals surface area (Å²) < 4.78 is 0. The van der Waals surface area contributed by atoms with E-state index in [0.717, 1.165) is 25.9 Å². The van der Waals surface area contributed by atoms with Crippen LogP contribution >= 0.6 is 0 Å². The first-order valence-corrected chi connectivity index (χ1v) is 7.98. The van der Waals surface area contributed by atoms with Crippen molar-refractivity contribution in [3.05, 3.63) is 18.1 Å². The molecule has 1 aliphatic carbocycles. The molecule has 116 valence electrons. The van der Waals surface area contributed by atoms with Crippen LogP contribution < -0.4 is 5.32 Å². The van der Waals surface area contributed by atoms with Crippen LogP contribution in [0.4, 0.5) is 5.82 Å². The van der Waals surface area contributed by atoms with Gasteiger partial charge in [-0.15, -0.1) is 0 Å². The summed E-state index contributed by atoms with van der Waals surface area (Å²) in [7, 11) is 0. The summed E-state index contributed by atoms with van der Waals surface area (Å²) in [5.41, 5.74) is 0.448. The van der Waals surface area contributed by atoms with E-state index in [2.05, 4.69) is 29.1 Å². The average Bonchev–Trinajstić information content (AvgIpc) is 2.99. The molecule has 1 aromatic heterocycles. The Morgan fingerprint density at radius 3 is 2.57 bits per heavy atom. The van der Waals surface area contributed by atoms with Gasteiger partial charge in [-0.3, -0.25) is 4.79 Å². The smallest absolute Gasteiger partial charge is 0.274 e. The van der Waals surface area contributed by atoms with Gasteiger partial charge in [0.05, 0.1) is 12.4 Å². The molecule has 1 heterocycles. The van der Waals surface area contributed by atoms with Gasteiger partial charge in [0.25, 0.3) is 5.91 Å². The lowest BCUT2D eigenvalue weighted by molar-refractivity contribution is 0.0649. The zero-order chi connectivity index (χ0) is 15.2. The van der Waals surface area contributed by atoms with Gasteiger partial charge in [0.15, 0.2) is 0 Å². The predicted molar refractivity (Wildman–Crippen MR) is 84.3 cm³/mol. The molecule has 1 fully saturated rings. The summed E-state index contributed by atoms with van der Waals surface area (Å²) in [6.07, 6.45) is 7.89. The molecule has 1 saturated carbocycles. The van der Waals surface area contributed by atoms with E-state index in [-0.39, 0.29) is 5.91 Å². The second kappa shape index (κ2) is 7.38. The minimum Gasteiger partial charge on any atom is -0.369 e. The first-order chi connectivity index (χ1) is 10.1. The number of nitrogens with one attached hydrogen (secondary N) is 1. The molecule has 21 heavy (non-hydrogen) atoms. The van der Waals surface area contributed by atoms with Crippen molar-refractivity contribution in [3.8, 4) is 0 Å². The highest BCUT2D eigenvalue weighted by atomic mass is 16.2. The van der Waals surface area contributed by atoms with Crippen LogP contribution in [0, 0.1) is 5.92 Å². The van der Waals surface area contributed by atoms with Crippen molar-refractivity contribution in [1.29, 1.82) is 0 Å². The monoisotopic (exact) mass is 290 g/mol. The van der Waals surface area contributed by atoms with Crippen molar-refractivity contribution in [2.75, 3.05) is 18.4 Å². The molecule has 2 rings (SSSR count). The molecule has 1 aromatic rings. The molecule has 1 N–H and O–H groups in total. The van der Waals surface area contributed by atoms with Crippen molar-refractivity contribution in [1.82, 2.24) is 14.9 Å². The summed E-state index contributed by atoms with van der Waals surface area (Å²) >= 11 is 0. The van der Waals surface area contributed by atoms with Crippen molar-refractivity contribution in [3.63, 3.8) is 0 Å². The van der Waals surface area contributed by atoms with Gasteiger partial charge in [-0.1, -0.05) is 26.7 Å². The van der Waals surface area contributed by atoms with Gasteiger partial charge in [0, 0.05) is 19.1 Å². The second-order valence-electron chi connectivity index (χ2n) is 6.11. The van der Waals surface area contributed by atoms with E-state index in [0.29, 0.717) is 23.5 Å². The van der Waals surface area contributed by atoms with Crippen LogP contribution in [0.15, 0.2) is 12.4 Å². The number of amides is 1. The van der Waals surface area contributed by atoms with Gasteiger partial charge in [0.1, 0.15) is 11.5 Å². The molecule has 0 saturated heterocycles. The highest BCUT2D eigenvalue weighted by molar-refractivity contribution is 5.92. The molecular formula is C16H26N4O. The number of anilines is 1. The summed E-state index contributed by atoms with van der Waals surface area (Å²) in [6, 6.07) is 0.371. The van der Waals surface area contributed by atoms with Gasteiger partial charge in [-0.2, -0.15) is 0 Å². The van der Waals surface area contributed by atoms with E-state index in [1.54, 1.807) is 12.4 Å². The summed E-state index contributed by atoms with van der Waals surface area (Å²) in [5, 5.41) is 3.09. The number of rotatable bonds is 6. The third-order valence-corrected chi connectivity index (χ3v) is 3.82. The Labute approximate surface area is 127 Å². The molecule has 1 amide bonds. The predicted octanol–water partition coefficient (Wildman–Crippen LogP) is 2.95. The van der Waals surface area contributed by atoms with E-state index in [4.69, 9.17) is 0 Å². The lowest BCUT2D eigenvalue weighted by Gasteiger charge is -2.30. The SMILES string of the molecule is CCNc1cnc(C(=O)N(CC(C)C)C2CCCC2)cn1. The van der Waals surface area contributed by atoms with Crippen LogP contribution in [0.5, 0.6) is 0 Å². The number of carbonyl (C=O) groups excluding carboxylic acids is 1. The Balaban J connectivity index is 2.12. The highest BCUT2D eigenvalue weighted by Crippen LogP contribution is 2.25. The van der Waals surface area contributed by atoms with Gasteiger partial charge < -0.3 is 10.2 Å². The molecule has 1 aliphatic rings. The third-order valence-electron chi connectivity index (χ3n) is 3.82. The van der Waals surface area contributed by atoms with Crippen molar-refractivity contribution < 1.29 is 4.79 Å². The Bertz CT molecular complexity index is 452. The first kappa shape index (κ1) is 15.7. The minimum absolute atomic E-state index is 0.0196. The normalized spacial score (nSPS) is 15.4. The highest BCUT2D eigenvalue weighted by Gasteiger charge is 2.28. The van der Waals surface area contributed by atoms with E-state index in [1.807, 2.05) is 11.8 Å². The van der Waals surface area contributed by atoms with Gasteiger partial charge in [-0.25, -0.2) is 9.97 Å². The van der Waals surface area contributed by atoms with Crippen molar-refractivity contribution in [2.24, 2.45) is 5.92 Å². The van der Waals surface area contributed by atoms with Crippen LogP contribution in [0.3, 0.4) is 0 Å². The number of aromatic nitrogens is 2. The Kier molecular flexibility index (Phi) is 5.53. The van der Waals surface area contributed by atoms with E-state index in [9.17, 15) is 4.79 Å². The standard InChI is InChI=1S/C16H26N4O/c1-4-17-15-10-18-14(9-19-15)16(21)20(11-12(2)3)13-7-5-6-8-13/h9-10,12-13H,4-8,11H2,1-3H3,(H,17,19). The Hall–Kier alpha value is -1.65. The quantitative estimate of drug-likeness (QED) is 0.875. The lowest BCUT2D eigenvalue weighted by Crippen LogP contribution is -2.41. The fourth-order valence-electron chi connectivity index (χ4n) is 2.87. The van der Waals surface area contributed by atoms with Gasteiger partial charge >= 0.3 is 0 Å². The summed E-state index contributed by atoms with van der Waals surface area (Å²) in [4.78, 5) is 23.3. The number of carbonyl (C=O) groups is 1.